The van der Waals surface area contributed by atoms with Gasteiger partial charge in [-0.25, -0.2) is 0 Å². The Morgan fingerprint density at radius 2 is 0.705 bits per heavy atom. The molecule has 220 valence electrons. The molecule has 0 radical (unpaired) electrons. The number of rotatable bonds is 2. The van der Waals surface area contributed by atoms with Crippen LogP contribution in [0.25, 0.3) is 33.2 Å². The lowest BCUT2D eigenvalue weighted by Gasteiger charge is -2.47. The third kappa shape index (κ3) is 5.73. The van der Waals surface area contributed by atoms with Crippen molar-refractivity contribution in [2.24, 2.45) is 10.8 Å². The molecule has 0 fully saturated rings. The van der Waals surface area contributed by atoms with Crippen molar-refractivity contribution in [1.29, 1.82) is 0 Å². The normalized spacial score (nSPS) is 17.1. The van der Waals surface area contributed by atoms with Gasteiger partial charge in [0, 0.05) is 0 Å². The molecule has 0 bridgehead atoms. The van der Waals surface area contributed by atoms with E-state index < -0.39 is 0 Å². The second kappa shape index (κ2) is 11.7. The third-order valence-electron chi connectivity index (χ3n) is 8.10. The van der Waals surface area contributed by atoms with Gasteiger partial charge in [0.15, 0.2) is 0 Å². The molecule has 5 aromatic carbocycles. The molecule has 0 saturated heterocycles. The minimum atomic E-state index is -0.111. The summed E-state index contributed by atoms with van der Waals surface area (Å²) >= 11 is 0. The van der Waals surface area contributed by atoms with Crippen LogP contribution in [-0.4, -0.2) is 0 Å². The van der Waals surface area contributed by atoms with E-state index in [2.05, 4.69) is 163 Å². The minimum absolute atomic E-state index is 0.111. The first kappa shape index (κ1) is 29.3. The van der Waals surface area contributed by atoms with E-state index >= 15 is 0 Å². The van der Waals surface area contributed by atoms with Gasteiger partial charge in [-0.3, -0.25) is 0 Å². The van der Waals surface area contributed by atoms with Crippen molar-refractivity contribution in [2.45, 2.75) is 41.5 Å². The lowest BCUT2D eigenvalue weighted by atomic mass is 9.80. The summed E-state index contributed by atoms with van der Waals surface area (Å²) in [6, 6.07) is 47.1. The Morgan fingerprint density at radius 3 is 1.07 bits per heavy atom. The zero-order valence-corrected chi connectivity index (χ0v) is 26.6. The van der Waals surface area contributed by atoms with Gasteiger partial charge in [0.05, 0.1) is 0 Å². The third-order valence-corrected chi connectivity index (χ3v) is 8.10. The summed E-state index contributed by atoms with van der Waals surface area (Å²) < 4.78 is 0. The maximum atomic E-state index is 5.39. The van der Waals surface area contributed by atoms with E-state index in [0.717, 1.165) is 33.2 Å². The molecule has 44 heavy (non-hydrogen) atoms. The van der Waals surface area contributed by atoms with Crippen LogP contribution in [0.5, 0.6) is 0 Å². The zero-order valence-electron chi connectivity index (χ0n) is 26.6. The number of benzene rings is 5. The van der Waals surface area contributed by atoms with Crippen molar-refractivity contribution in [2.75, 3.05) is 0 Å². The fraction of sp³-hybridized carbons (Fsp3) is 0.190. The lowest BCUT2D eigenvalue weighted by molar-refractivity contribution is 0.563. The fourth-order valence-corrected chi connectivity index (χ4v) is 6.39. The van der Waals surface area contributed by atoms with Crippen LogP contribution in [0.15, 0.2) is 133 Å². The van der Waals surface area contributed by atoms with Crippen LogP contribution in [0, 0.1) is 10.8 Å². The molecule has 1 aliphatic rings. The van der Waals surface area contributed by atoms with Crippen LogP contribution in [0.4, 0.5) is 11.4 Å². The molecule has 2 nitrogen and oxygen atoms in total. The summed E-state index contributed by atoms with van der Waals surface area (Å²) in [6.07, 6.45) is 0. The Hall–Kier alpha value is -4.82. The molecule has 0 N–H and O–H groups in total. The maximum Gasteiger partial charge on any atom is -0.0120 e. The summed E-state index contributed by atoms with van der Waals surface area (Å²) in [6.45, 7) is 13.7. The fourth-order valence-electron chi connectivity index (χ4n) is 6.39. The number of hydrogen-bond donors (Lipinski definition) is 0. The van der Waals surface area contributed by atoms with E-state index in [1.54, 1.807) is 0 Å². The van der Waals surface area contributed by atoms with Gasteiger partial charge >= 0.3 is 0 Å². The highest BCUT2D eigenvalue weighted by Gasteiger charge is 2.21. The first-order valence-corrected chi connectivity index (χ1v) is 15.4. The lowest BCUT2D eigenvalue weighted by Crippen LogP contribution is -2.36. The SMILES string of the molecule is CC(C)(C)\C(c1ccccc1)=c1/cccc/c1=C1/[N-]c2ccccc2[N-]/C1=c1/cccc/c1=C(\c1ccccc1)C(C)(C)C. The first-order valence-electron chi connectivity index (χ1n) is 15.4. The monoisotopic (exact) mass is 572 g/mol. The highest BCUT2D eigenvalue weighted by atomic mass is 15.1. The average molecular weight is 573 g/mol. The molecule has 0 saturated carbocycles. The van der Waals surface area contributed by atoms with E-state index in [4.69, 9.17) is 10.6 Å². The zero-order chi connectivity index (χ0) is 30.9. The van der Waals surface area contributed by atoms with E-state index in [0.29, 0.717) is 0 Å². The first-order chi connectivity index (χ1) is 21.1. The molecule has 2 heteroatoms. The molecule has 0 aromatic heterocycles. The smallest absolute Gasteiger partial charge is 0.0120 e. The molecule has 0 spiro atoms. The van der Waals surface area contributed by atoms with Crippen molar-refractivity contribution >= 4 is 33.9 Å². The van der Waals surface area contributed by atoms with Crippen LogP contribution >= 0.6 is 0 Å². The summed E-state index contributed by atoms with van der Waals surface area (Å²) in [5.74, 6) is 0. The van der Waals surface area contributed by atoms with Crippen molar-refractivity contribution < 1.29 is 0 Å². The topological polar surface area (TPSA) is 28.2 Å². The summed E-state index contributed by atoms with van der Waals surface area (Å²) in [7, 11) is 0. The van der Waals surface area contributed by atoms with Crippen molar-refractivity contribution in [3.8, 4) is 0 Å². The Labute approximate surface area is 261 Å². The molecule has 0 aliphatic carbocycles. The molecule has 0 atom stereocenters. The summed E-state index contributed by atoms with van der Waals surface area (Å²) in [5.41, 5.74) is 8.35. The van der Waals surface area contributed by atoms with Gasteiger partial charge < -0.3 is 10.6 Å². The summed E-state index contributed by atoms with van der Waals surface area (Å²) in [4.78, 5) is 0. The maximum absolute atomic E-state index is 5.39. The summed E-state index contributed by atoms with van der Waals surface area (Å²) in [5, 5.41) is 15.3. The van der Waals surface area contributed by atoms with Crippen LogP contribution in [0.1, 0.15) is 52.7 Å². The number of para-hydroxylation sites is 2. The Bertz CT molecular complexity index is 1900. The predicted octanol–water partition coefficient (Wildman–Crippen LogP) is 8.82. The van der Waals surface area contributed by atoms with Gasteiger partial charge in [-0.15, -0.1) is 11.4 Å². The largest absolute Gasteiger partial charge is 0.659 e. The molecule has 0 unspecified atom stereocenters. The van der Waals surface area contributed by atoms with Crippen LogP contribution < -0.4 is 20.9 Å². The van der Waals surface area contributed by atoms with Gasteiger partial charge in [-0.1, -0.05) is 175 Å². The highest BCUT2D eigenvalue weighted by molar-refractivity contribution is 6.11. The Morgan fingerprint density at radius 1 is 0.386 bits per heavy atom. The quantitative estimate of drug-likeness (QED) is 0.202. The van der Waals surface area contributed by atoms with Gasteiger partial charge in [-0.05, 0) is 54.0 Å². The van der Waals surface area contributed by atoms with Crippen LogP contribution in [-0.2, 0) is 0 Å². The van der Waals surface area contributed by atoms with Crippen molar-refractivity contribution in [1.82, 2.24) is 0 Å². The molecule has 5 aromatic rings. The van der Waals surface area contributed by atoms with E-state index in [1.807, 2.05) is 12.1 Å². The number of fused-ring (bicyclic) bond motifs is 1. The second-order valence-electron chi connectivity index (χ2n) is 13.5. The van der Waals surface area contributed by atoms with Crippen molar-refractivity contribution in [3.05, 3.63) is 176 Å². The Balaban J connectivity index is 1.86. The van der Waals surface area contributed by atoms with Gasteiger partial charge in [0.25, 0.3) is 0 Å². The molecule has 6 rings (SSSR count). The van der Waals surface area contributed by atoms with Gasteiger partial charge in [0.2, 0.25) is 0 Å². The van der Waals surface area contributed by atoms with Crippen LogP contribution in [0.2, 0.25) is 0 Å². The molecular formula is C42H40N2-2. The van der Waals surface area contributed by atoms with Gasteiger partial charge in [0.1, 0.15) is 0 Å². The number of nitrogens with zero attached hydrogens (tertiary/aromatic N) is 2. The minimum Gasteiger partial charge on any atom is -0.659 e. The molecule has 1 aliphatic heterocycles. The standard InChI is InChI=1S/C42H40N2/c1-41(2,3)37(29-19-9-7-10-20-29)31-23-13-15-25-33(31)39-40(44-36-28-18-17-27-35(36)43-39)34-26-16-14-24-32(34)38(42(4,5)6)30-21-11-8-12-22-30/h7-28H,1-6H3/q-2/b37-31-,38-32+,39-33-,40-34-. The van der Waals surface area contributed by atoms with E-state index in [-0.39, 0.29) is 10.8 Å². The van der Waals surface area contributed by atoms with Gasteiger partial charge in [-0.2, -0.15) is 11.4 Å². The highest BCUT2D eigenvalue weighted by Crippen LogP contribution is 2.48. The van der Waals surface area contributed by atoms with E-state index in [1.165, 1.54) is 32.7 Å². The molecule has 1 heterocycles. The average Bonchev–Trinajstić information content (AvgIpc) is 3.01. The molecular weight excluding hydrogens is 532 g/mol. The van der Waals surface area contributed by atoms with Crippen molar-refractivity contribution in [3.63, 3.8) is 0 Å². The Kier molecular flexibility index (Phi) is 7.78. The molecule has 0 amide bonds. The predicted molar refractivity (Wildman–Crippen MR) is 187 cm³/mol. The second-order valence-corrected chi connectivity index (χ2v) is 13.5. The number of hydrogen-bond acceptors (Lipinski definition) is 0. The van der Waals surface area contributed by atoms with E-state index in [9.17, 15) is 0 Å². The van der Waals surface area contributed by atoms with Crippen LogP contribution in [0.3, 0.4) is 0 Å².